The van der Waals surface area contributed by atoms with E-state index in [2.05, 4.69) is 10.6 Å². The second-order valence-electron chi connectivity index (χ2n) is 8.53. The molecule has 0 spiro atoms. The van der Waals surface area contributed by atoms with E-state index in [1.807, 2.05) is 54.6 Å². The summed E-state index contributed by atoms with van der Waals surface area (Å²) in [6, 6.07) is 16.4. The van der Waals surface area contributed by atoms with E-state index in [9.17, 15) is 14.7 Å². The largest absolute Gasteiger partial charge is 0.494 e. The number of ether oxygens (including phenoxy) is 2. The van der Waals surface area contributed by atoms with Crippen LogP contribution in [0.15, 0.2) is 54.6 Å². The number of carboxylic acids is 1. The highest BCUT2D eigenvalue weighted by atomic mass is 16.5. The van der Waals surface area contributed by atoms with Gasteiger partial charge in [0.2, 0.25) is 0 Å². The first-order valence-electron chi connectivity index (χ1n) is 11.7. The average molecular weight is 455 g/mol. The van der Waals surface area contributed by atoms with E-state index in [1.54, 1.807) is 0 Å². The molecule has 1 saturated heterocycles. The fourth-order valence-electron chi connectivity index (χ4n) is 4.06. The Kier molecular flexibility index (Phi) is 10.0. The van der Waals surface area contributed by atoms with Crippen LogP contribution in [-0.2, 0) is 22.6 Å². The molecule has 2 aromatic rings. The molecule has 0 radical (unpaired) electrons. The Morgan fingerprint density at radius 3 is 2.45 bits per heavy atom. The zero-order valence-corrected chi connectivity index (χ0v) is 19.0. The van der Waals surface area contributed by atoms with E-state index in [0.29, 0.717) is 13.0 Å². The van der Waals surface area contributed by atoms with Crippen LogP contribution in [0.2, 0.25) is 0 Å². The molecule has 0 saturated carbocycles. The molecule has 2 aromatic carbocycles. The molecule has 3 N–H and O–H groups in total. The van der Waals surface area contributed by atoms with Crippen LogP contribution < -0.4 is 15.4 Å². The first kappa shape index (κ1) is 24.6. The molecule has 0 aliphatic carbocycles. The van der Waals surface area contributed by atoms with Crippen LogP contribution in [-0.4, -0.2) is 42.9 Å². The molecule has 1 aliphatic rings. The van der Waals surface area contributed by atoms with Crippen LogP contribution in [0.1, 0.15) is 43.2 Å². The van der Waals surface area contributed by atoms with E-state index < -0.39 is 18.1 Å². The minimum absolute atomic E-state index is 0.135. The van der Waals surface area contributed by atoms with Gasteiger partial charge in [0.15, 0.2) is 0 Å². The number of benzene rings is 2. The van der Waals surface area contributed by atoms with Crippen molar-refractivity contribution in [1.29, 1.82) is 0 Å². The third-order valence-electron chi connectivity index (χ3n) is 5.85. The molecular formula is C26H34N2O5. The molecule has 7 heteroatoms. The van der Waals surface area contributed by atoms with Gasteiger partial charge in [0.05, 0.1) is 13.0 Å². The van der Waals surface area contributed by atoms with Crippen molar-refractivity contribution in [3.05, 3.63) is 65.7 Å². The molecule has 1 fully saturated rings. The molecule has 1 unspecified atom stereocenters. The number of carboxylic acid groups (broad SMARTS) is 1. The highest BCUT2D eigenvalue weighted by molar-refractivity contribution is 5.71. The van der Waals surface area contributed by atoms with E-state index in [-0.39, 0.29) is 13.0 Å². The maximum absolute atomic E-state index is 12.2. The third kappa shape index (κ3) is 9.53. The quantitative estimate of drug-likeness (QED) is 0.417. The molecule has 1 aliphatic heterocycles. The number of nitrogens with one attached hydrogen (secondary N) is 2. The number of hydrogen-bond acceptors (Lipinski definition) is 5. The van der Waals surface area contributed by atoms with Gasteiger partial charge in [-0.1, -0.05) is 42.5 Å². The Morgan fingerprint density at radius 1 is 1.03 bits per heavy atom. The number of hydrogen-bond donors (Lipinski definition) is 3. The average Bonchev–Trinajstić information content (AvgIpc) is 2.82. The summed E-state index contributed by atoms with van der Waals surface area (Å²) in [6.45, 7) is 3.07. The summed E-state index contributed by atoms with van der Waals surface area (Å²) in [5.41, 5.74) is 1.79. The van der Waals surface area contributed by atoms with Crippen LogP contribution in [0.3, 0.4) is 0 Å². The van der Waals surface area contributed by atoms with Gasteiger partial charge in [-0.2, -0.15) is 0 Å². The molecule has 1 atom stereocenters. The molecular weight excluding hydrogens is 420 g/mol. The first-order chi connectivity index (χ1) is 16.1. The molecule has 33 heavy (non-hydrogen) atoms. The standard InChI is InChI=1S/C26H34N2O5/c29-25(30)18-23(28-26(31)33-19-22-5-2-1-3-6-22)17-21-8-10-24(11-9-21)32-16-4-7-20-12-14-27-15-13-20/h1-3,5-6,8-11,20,23,27H,4,7,12-19H2,(H,28,31)(H,29,30). The Hall–Kier alpha value is -3.06. The zero-order chi connectivity index (χ0) is 23.3. The van der Waals surface area contributed by atoms with Crippen LogP contribution in [0.4, 0.5) is 4.79 Å². The lowest BCUT2D eigenvalue weighted by Crippen LogP contribution is -2.38. The highest BCUT2D eigenvalue weighted by Gasteiger charge is 2.18. The van der Waals surface area contributed by atoms with Gasteiger partial charge in [-0.15, -0.1) is 0 Å². The number of carbonyl (C=O) groups is 2. The van der Waals surface area contributed by atoms with Crippen molar-refractivity contribution in [3.63, 3.8) is 0 Å². The summed E-state index contributed by atoms with van der Waals surface area (Å²) < 4.78 is 11.1. The molecule has 3 rings (SSSR count). The van der Waals surface area contributed by atoms with Gasteiger partial charge in [0, 0.05) is 6.04 Å². The molecule has 7 nitrogen and oxygen atoms in total. The number of carbonyl (C=O) groups excluding carboxylic acids is 1. The minimum Gasteiger partial charge on any atom is -0.494 e. The smallest absolute Gasteiger partial charge is 0.407 e. The summed E-state index contributed by atoms with van der Waals surface area (Å²) in [5, 5.41) is 15.3. The Morgan fingerprint density at radius 2 is 1.76 bits per heavy atom. The summed E-state index contributed by atoms with van der Waals surface area (Å²) in [4.78, 5) is 23.4. The monoisotopic (exact) mass is 454 g/mol. The third-order valence-corrected chi connectivity index (χ3v) is 5.85. The maximum Gasteiger partial charge on any atom is 0.407 e. The molecule has 178 valence electrons. The van der Waals surface area contributed by atoms with Crippen molar-refractivity contribution < 1.29 is 24.2 Å². The normalized spacial score (nSPS) is 14.9. The van der Waals surface area contributed by atoms with E-state index in [0.717, 1.165) is 42.3 Å². The Labute approximate surface area is 195 Å². The maximum atomic E-state index is 12.2. The lowest BCUT2D eigenvalue weighted by molar-refractivity contribution is -0.137. The van der Waals surface area contributed by atoms with Gasteiger partial charge >= 0.3 is 12.1 Å². The van der Waals surface area contributed by atoms with Crippen molar-refractivity contribution >= 4 is 12.1 Å². The second-order valence-corrected chi connectivity index (χ2v) is 8.53. The Balaban J connectivity index is 1.42. The minimum atomic E-state index is -0.975. The summed E-state index contributed by atoms with van der Waals surface area (Å²) in [5.74, 6) is 0.626. The number of rotatable bonds is 12. The van der Waals surface area contributed by atoms with Crippen molar-refractivity contribution in [3.8, 4) is 5.75 Å². The van der Waals surface area contributed by atoms with Crippen molar-refractivity contribution in [2.24, 2.45) is 5.92 Å². The van der Waals surface area contributed by atoms with Crippen LogP contribution in [0, 0.1) is 5.92 Å². The number of piperidine rings is 1. The predicted molar refractivity (Wildman–Crippen MR) is 126 cm³/mol. The lowest BCUT2D eigenvalue weighted by atomic mass is 9.93. The number of amides is 1. The fraction of sp³-hybridized carbons (Fsp3) is 0.462. The molecule has 1 amide bonds. The SMILES string of the molecule is O=C(O)CC(Cc1ccc(OCCCC2CCNCC2)cc1)NC(=O)OCc1ccccc1. The molecule has 0 aromatic heterocycles. The van der Waals surface area contributed by atoms with Crippen molar-refractivity contribution in [2.75, 3.05) is 19.7 Å². The summed E-state index contributed by atoms with van der Waals surface area (Å²) in [7, 11) is 0. The highest BCUT2D eigenvalue weighted by Crippen LogP contribution is 2.19. The van der Waals surface area contributed by atoms with E-state index in [1.165, 1.54) is 19.3 Å². The van der Waals surface area contributed by atoms with E-state index >= 15 is 0 Å². The number of aliphatic carboxylic acids is 1. The zero-order valence-electron chi connectivity index (χ0n) is 19.0. The molecule has 0 bridgehead atoms. The topological polar surface area (TPSA) is 96.9 Å². The van der Waals surface area contributed by atoms with Crippen LogP contribution in [0.5, 0.6) is 5.75 Å². The van der Waals surface area contributed by atoms with E-state index in [4.69, 9.17) is 9.47 Å². The van der Waals surface area contributed by atoms with Gasteiger partial charge in [-0.05, 0) is 74.4 Å². The summed E-state index contributed by atoms with van der Waals surface area (Å²) >= 11 is 0. The second kappa shape index (κ2) is 13.5. The Bertz CT molecular complexity index is 851. The predicted octanol–water partition coefficient (Wildman–Crippen LogP) is 4.16. The van der Waals surface area contributed by atoms with Gasteiger partial charge < -0.3 is 25.2 Å². The summed E-state index contributed by atoms with van der Waals surface area (Å²) in [6.07, 6.45) is 4.32. The van der Waals surface area contributed by atoms with Gasteiger partial charge in [0.1, 0.15) is 12.4 Å². The van der Waals surface area contributed by atoms with Gasteiger partial charge in [-0.25, -0.2) is 4.79 Å². The number of alkyl carbamates (subject to hydrolysis) is 1. The first-order valence-corrected chi connectivity index (χ1v) is 11.7. The van der Waals surface area contributed by atoms with Gasteiger partial charge in [0.25, 0.3) is 0 Å². The van der Waals surface area contributed by atoms with Crippen molar-refractivity contribution in [1.82, 2.24) is 10.6 Å². The molecule has 1 heterocycles. The fourth-order valence-corrected chi connectivity index (χ4v) is 4.06. The lowest BCUT2D eigenvalue weighted by Gasteiger charge is -2.22. The van der Waals surface area contributed by atoms with Crippen LogP contribution >= 0.6 is 0 Å². The van der Waals surface area contributed by atoms with Crippen molar-refractivity contribution in [2.45, 2.75) is 51.2 Å². The van der Waals surface area contributed by atoms with Crippen LogP contribution in [0.25, 0.3) is 0 Å². The van der Waals surface area contributed by atoms with Gasteiger partial charge in [-0.3, -0.25) is 4.79 Å².